The number of thioether (sulfide) groups is 1. The molecule has 120 valence electrons. The molecule has 0 aliphatic carbocycles. The molecule has 0 fully saturated rings. The number of rotatable bonds is 1. The summed E-state index contributed by atoms with van der Waals surface area (Å²) in [6.07, 6.45) is -0.694. The Hall–Kier alpha value is -1.54. The van der Waals surface area contributed by atoms with Gasteiger partial charge in [0, 0.05) is 15.6 Å². The van der Waals surface area contributed by atoms with E-state index in [1.807, 2.05) is 12.2 Å². The number of hydrogen-bond donors (Lipinski definition) is 2. The number of benzene rings is 1. The second-order valence-electron chi connectivity index (χ2n) is 5.33. The van der Waals surface area contributed by atoms with Gasteiger partial charge in [0.15, 0.2) is 0 Å². The molecule has 0 radical (unpaired) electrons. The molecule has 8 heteroatoms. The van der Waals surface area contributed by atoms with Gasteiger partial charge in [-0.25, -0.2) is 0 Å². The molecule has 0 unspecified atom stereocenters. The summed E-state index contributed by atoms with van der Waals surface area (Å²) >= 11 is 4.46. The zero-order chi connectivity index (χ0) is 16.5. The molecular weight excluding hydrogens is 395 g/mol. The summed E-state index contributed by atoms with van der Waals surface area (Å²) in [5.41, 5.74) is 0.361. The first-order chi connectivity index (χ1) is 10.8. The third-order valence-electron chi connectivity index (χ3n) is 4.03. The number of halogens is 4. The van der Waals surface area contributed by atoms with Gasteiger partial charge in [0.25, 0.3) is 0 Å². The lowest BCUT2D eigenvalue weighted by atomic mass is 10.0. The van der Waals surface area contributed by atoms with Crippen molar-refractivity contribution in [1.29, 1.82) is 0 Å². The highest BCUT2D eigenvalue weighted by molar-refractivity contribution is 9.10. The minimum atomic E-state index is -4.54. The van der Waals surface area contributed by atoms with Gasteiger partial charge in [-0.3, -0.25) is 4.57 Å². The molecule has 1 aromatic heterocycles. The number of hydrogen-bond acceptors (Lipinski definition) is 3. The molecule has 2 N–H and O–H groups in total. The fourth-order valence-electron chi connectivity index (χ4n) is 3.04. The minimum absolute atomic E-state index is 0.0642. The number of fused-ring (bicyclic) bond motifs is 5. The highest BCUT2D eigenvalue weighted by Gasteiger charge is 2.42. The van der Waals surface area contributed by atoms with E-state index in [1.54, 1.807) is 11.8 Å². The van der Waals surface area contributed by atoms with Crippen LogP contribution in [-0.2, 0) is 6.18 Å². The average Bonchev–Trinajstić information content (AvgIpc) is 3.13. The summed E-state index contributed by atoms with van der Waals surface area (Å²) in [5.74, 6) is -0.422. The molecule has 2 atom stereocenters. The van der Waals surface area contributed by atoms with Crippen LogP contribution in [0.1, 0.15) is 27.2 Å². The summed E-state index contributed by atoms with van der Waals surface area (Å²) < 4.78 is 40.2. The number of nitrogens with zero attached hydrogens (tertiary/aromatic N) is 1. The molecule has 3 heterocycles. The molecule has 4 rings (SSSR count). The van der Waals surface area contributed by atoms with E-state index in [9.17, 15) is 23.4 Å². The van der Waals surface area contributed by atoms with Crippen molar-refractivity contribution in [3.63, 3.8) is 0 Å². The standard InChI is InChI=1S/C15H9BrF3NO2S/c16-8-2-1-6(5-7(8)15(17,18)19)20-13(21)11-9-3-4-10(23-9)12(11)14(20)22/h1-5,9-10,21-22H/t9-,10+. The fourth-order valence-corrected chi connectivity index (χ4v) is 4.92. The summed E-state index contributed by atoms with van der Waals surface area (Å²) in [4.78, 5) is 0. The van der Waals surface area contributed by atoms with Crippen LogP contribution in [0.5, 0.6) is 11.8 Å². The molecule has 23 heavy (non-hydrogen) atoms. The first-order valence-corrected chi connectivity index (χ1v) is 8.40. The van der Waals surface area contributed by atoms with Crippen LogP contribution < -0.4 is 0 Å². The van der Waals surface area contributed by atoms with Crippen molar-refractivity contribution >= 4 is 27.7 Å². The van der Waals surface area contributed by atoms with Crippen LogP contribution in [0.25, 0.3) is 5.69 Å². The monoisotopic (exact) mass is 403 g/mol. The van der Waals surface area contributed by atoms with E-state index in [4.69, 9.17) is 0 Å². The normalized spacial score (nSPS) is 21.9. The maximum absolute atomic E-state index is 13.1. The average molecular weight is 404 g/mol. The molecule has 0 saturated carbocycles. The Morgan fingerprint density at radius 1 is 1.04 bits per heavy atom. The van der Waals surface area contributed by atoms with Gasteiger partial charge in [0.05, 0.1) is 21.8 Å². The van der Waals surface area contributed by atoms with Gasteiger partial charge in [-0.1, -0.05) is 28.1 Å². The van der Waals surface area contributed by atoms with Gasteiger partial charge in [-0.15, -0.1) is 11.8 Å². The molecule has 2 aliphatic heterocycles. The van der Waals surface area contributed by atoms with Crippen molar-refractivity contribution < 1.29 is 23.4 Å². The van der Waals surface area contributed by atoms with Crippen molar-refractivity contribution in [1.82, 2.24) is 4.57 Å². The number of aromatic nitrogens is 1. The fraction of sp³-hybridized carbons (Fsp3) is 0.200. The van der Waals surface area contributed by atoms with E-state index in [0.717, 1.165) is 10.6 Å². The summed E-state index contributed by atoms with van der Waals surface area (Å²) in [7, 11) is 0. The van der Waals surface area contributed by atoms with Gasteiger partial charge in [0.1, 0.15) is 0 Å². The summed E-state index contributed by atoms with van der Waals surface area (Å²) in [5, 5.41) is 20.7. The largest absolute Gasteiger partial charge is 0.494 e. The Morgan fingerprint density at radius 2 is 1.61 bits per heavy atom. The summed E-state index contributed by atoms with van der Waals surface area (Å²) in [6.45, 7) is 0. The molecule has 0 saturated heterocycles. The lowest BCUT2D eigenvalue weighted by Crippen LogP contribution is -2.07. The quantitative estimate of drug-likeness (QED) is 0.653. The predicted octanol–water partition coefficient (Wildman–Crippen LogP) is 5.07. The molecule has 0 amide bonds. The Morgan fingerprint density at radius 3 is 2.13 bits per heavy atom. The van der Waals surface area contributed by atoms with Gasteiger partial charge in [-0.2, -0.15) is 13.2 Å². The second-order valence-corrected chi connectivity index (χ2v) is 7.48. The Balaban J connectivity index is 1.91. The number of alkyl halides is 3. The highest BCUT2D eigenvalue weighted by Crippen LogP contribution is 2.63. The van der Waals surface area contributed by atoms with Crippen LogP contribution >= 0.6 is 27.7 Å². The molecule has 0 spiro atoms. The van der Waals surface area contributed by atoms with Gasteiger partial charge in [-0.05, 0) is 18.2 Å². The zero-order valence-electron chi connectivity index (χ0n) is 11.3. The van der Waals surface area contributed by atoms with Gasteiger partial charge >= 0.3 is 6.18 Å². The van der Waals surface area contributed by atoms with E-state index in [2.05, 4.69) is 15.9 Å². The Labute approximate surface area is 141 Å². The third-order valence-corrected chi connectivity index (χ3v) is 6.10. The topological polar surface area (TPSA) is 45.4 Å². The lowest BCUT2D eigenvalue weighted by molar-refractivity contribution is -0.138. The van der Waals surface area contributed by atoms with Gasteiger partial charge < -0.3 is 10.2 Å². The van der Waals surface area contributed by atoms with E-state index < -0.39 is 11.7 Å². The third kappa shape index (κ3) is 2.04. The predicted molar refractivity (Wildman–Crippen MR) is 84.0 cm³/mol. The van der Waals surface area contributed by atoms with E-state index in [-0.39, 0.29) is 32.4 Å². The maximum atomic E-state index is 13.1. The molecule has 3 nitrogen and oxygen atoms in total. The molecular formula is C15H9BrF3NO2S. The molecule has 2 bridgehead atoms. The highest BCUT2D eigenvalue weighted by atomic mass is 79.9. The maximum Gasteiger partial charge on any atom is 0.417 e. The number of aromatic hydroxyl groups is 2. The first-order valence-electron chi connectivity index (χ1n) is 6.66. The molecule has 2 aromatic rings. The van der Waals surface area contributed by atoms with E-state index in [0.29, 0.717) is 11.1 Å². The summed E-state index contributed by atoms with van der Waals surface area (Å²) in [6, 6.07) is 3.57. The van der Waals surface area contributed by atoms with Crippen molar-refractivity contribution in [2.24, 2.45) is 0 Å². The van der Waals surface area contributed by atoms with Gasteiger partial charge in [0.2, 0.25) is 11.8 Å². The Kier molecular flexibility index (Phi) is 3.09. The van der Waals surface area contributed by atoms with Crippen molar-refractivity contribution in [2.45, 2.75) is 16.7 Å². The zero-order valence-corrected chi connectivity index (χ0v) is 13.7. The van der Waals surface area contributed by atoms with Crippen LogP contribution in [0.4, 0.5) is 13.2 Å². The molecule has 1 aromatic carbocycles. The van der Waals surface area contributed by atoms with Crippen molar-refractivity contribution in [3.05, 3.63) is 51.5 Å². The van der Waals surface area contributed by atoms with Crippen LogP contribution in [0.3, 0.4) is 0 Å². The minimum Gasteiger partial charge on any atom is -0.494 e. The smallest absolute Gasteiger partial charge is 0.417 e. The SMILES string of the molecule is Oc1c2c(c(O)n1-c1ccc(Br)c(C(F)(F)F)c1)[C@H]1C=C[C@@H]2S1. The molecule has 2 aliphatic rings. The van der Waals surface area contributed by atoms with E-state index in [1.165, 1.54) is 12.1 Å². The van der Waals surface area contributed by atoms with Crippen LogP contribution in [-0.4, -0.2) is 14.8 Å². The van der Waals surface area contributed by atoms with Crippen molar-refractivity contribution in [3.8, 4) is 17.4 Å². The second kappa shape index (κ2) is 4.73. The van der Waals surface area contributed by atoms with Crippen LogP contribution in [0.2, 0.25) is 0 Å². The Bertz CT molecular complexity index is 824. The van der Waals surface area contributed by atoms with E-state index >= 15 is 0 Å². The van der Waals surface area contributed by atoms with Crippen LogP contribution in [0, 0.1) is 0 Å². The van der Waals surface area contributed by atoms with Crippen LogP contribution in [0.15, 0.2) is 34.8 Å². The first kappa shape index (κ1) is 15.0. The lowest BCUT2D eigenvalue weighted by Gasteiger charge is -2.14. The van der Waals surface area contributed by atoms with Crippen molar-refractivity contribution in [2.75, 3.05) is 0 Å².